The number of anilines is 1. The Morgan fingerprint density at radius 2 is 1.82 bits per heavy atom. The summed E-state index contributed by atoms with van der Waals surface area (Å²) in [5.74, 6) is -2.42. The van der Waals surface area contributed by atoms with Crippen molar-refractivity contribution in [2.24, 2.45) is 5.10 Å². The summed E-state index contributed by atoms with van der Waals surface area (Å²) in [6, 6.07) is 9.68. The Balaban J connectivity index is 2.09. The fraction of sp³-hybridized carbons (Fsp3) is 0.0556. The highest BCUT2D eigenvalue weighted by atomic mass is 79.9. The van der Waals surface area contributed by atoms with Crippen LogP contribution in [-0.4, -0.2) is 28.9 Å². The van der Waals surface area contributed by atoms with Crippen LogP contribution in [0.5, 0.6) is 0 Å². The first kappa shape index (κ1) is 20.1. The van der Waals surface area contributed by atoms with Crippen LogP contribution in [0.1, 0.15) is 15.9 Å². The van der Waals surface area contributed by atoms with Gasteiger partial charge in [0.25, 0.3) is 5.91 Å². The molecule has 10 heteroatoms. The van der Waals surface area contributed by atoms with E-state index in [1.54, 1.807) is 12.1 Å². The molecule has 1 N–H and O–H groups in total. The number of hydrogen-bond donors (Lipinski definition) is 1. The van der Waals surface area contributed by atoms with Crippen molar-refractivity contribution < 1.29 is 27.9 Å². The molecule has 1 aliphatic heterocycles. The number of carboxylic acids is 1. The van der Waals surface area contributed by atoms with E-state index in [4.69, 9.17) is 16.7 Å². The van der Waals surface area contributed by atoms with Crippen LogP contribution in [0.15, 0.2) is 57.6 Å². The molecular formula is C18H9BrClF3N2O3. The molecule has 0 bridgehead atoms. The highest BCUT2D eigenvalue weighted by Crippen LogP contribution is 2.34. The molecule has 1 heterocycles. The van der Waals surface area contributed by atoms with Crippen LogP contribution in [0.25, 0.3) is 6.08 Å². The Morgan fingerprint density at radius 3 is 2.39 bits per heavy atom. The molecule has 0 saturated carbocycles. The van der Waals surface area contributed by atoms with E-state index in [9.17, 15) is 22.8 Å². The maximum absolute atomic E-state index is 13.4. The fourth-order valence-corrected chi connectivity index (χ4v) is 2.93. The zero-order valence-electron chi connectivity index (χ0n) is 13.7. The molecule has 2 aromatic carbocycles. The van der Waals surface area contributed by atoms with Gasteiger partial charge >= 0.3 is 12.1 Å². The van der Waals surface area contributed by atoms with Crippen molar-refractivity contribution in [2.45, 2.75) is 6.18 Å². The number of benzene rings is 2. The maximum Gasteiger partial charge on any atom is 0.435 e. The van der Waals surface area contributed by atoms with E-state index in [0.29, 0.717) is 10.6 Å². The molecule has 0 fully saturated rings. The molecule has 3 rings (SSSR count). The van der Waals surface area contributed by atoms with E-state index in [0.717, 1.165) is 16.6 Å². The number of nitrogens with zero attached hydrogens (tertiary/aromatic N) is 2. The molecule has 0 radical (unpaired) electrons. The second kappa shape index (κ2) is 7.40. The Kier molecular flexibility index (Phi) is 5.31. The van der Waals surface area contributed by atoms with Crippen molar-refractivity contribution >= 4 is 56.9 Å². The monoisotopic (exact) mass is 472 g/mol. The molecule has 0 spiro atoms. The number of carbonyl (C=O) groups is 2. The van der Waals surface area contributed by atoms with Gasteiger partial charge in [0.1, 0.15) is 0 Å². The number of amides is 1. The molecule has 28 heavy (non-hydrogen) atoms. The summed E-state index contributed by atoms with van der Waals surface area (Å²) in [5.41, 5.74) is -2.16. The second-order valence-electron chi connectivity index (χ2n) is 5.64. The maximum atomic E-state index is 13.4. The number of hydrogen-bond acceptors (Lipinski definition) is 3. The molecule has 0 atom stereocenters. The van der Waals surface area contributed by atoms with Crippen molar-refractivity contribution in [3.63, 3.8) is 0 Å². The summed E-state index contributed by atoms with van der Waals surface area (Å²) in [5, 5.41) is 12.9. The van der Waals surface area contributed by atoms with Gasteiger partial charge in [0.05, 0.1) is 21.8 Å². The van der Waals surface area contributed by atoms with E-state index >= 15 is 0 Å². The van der Waals surface area contributed by atoms with Gasteiger partial charge in [-0.05, 0) is 42.0 Å². The van der Waals surface area contributed by atoms with Crippen LogP contribution in [0.4, 0.5) is 18.9 Å². The number of rotatable bonds is 3. The average molecular weight is 474 g/mol. The fourth-order valence-electron chi connectivity index (χ4n) is 2.46. The third-order valence-corrected chi connectivity index (χ3v) is 4.61. The first-order chi connectivity index (χ1) is 13.1. The lowest BCUT2D eigenvalue weighted by Crippen LogP contribution is -2.25. The van der Waals surface area contributed by atoms with Gasteiger partial charge in [0.2, 0.25) is 0 Å². The topological polar surface area (TPSA) is 70.0 Å². The van der Waals surface area contributed by atoms with Crippen molar-refractivity contribution in [1.82, 2.24) is 0 Å². The van der Waals surface area contributed by atoms with E-state index in [1.165, 1.54) is 24.3 Å². The van der Waals surface area contributed by atoms with Crippen molar-refractivity contribution in [3.05, 3.63) is 68.7 Å². The molecule has 0 unspecified atom stereocenters. The molecule has 0 aliphatic carbocycles. The SMILES string of the molecule is O=C(O)c1cc(N2N=C(C(F)(F)F)C(=Cc3ccc(Br)cc3)C2=O)ccc1Cl. The Labute approximate surface area is 169 Å². The van der Waals surface area contributed by atoms with Crippen molar-refractivity contribution in [2.75, 3.05) is 5.01 Å². The van der Waals surface area contributed by atoms with Crippen LogP contribution in [-0.2, 0) is 4.79 Å². The van der Waals surface area contributed by atoms with Crippen LogP contribution in [0, 0.1) is 0 Å². The second-order valence-corrected chi connectivity index (χ2v) is 6.97. The highest BCUT2D eigenvalue weighted by Gasteiger charge is 2.46. The Morgan fingerprint density at radius 1 is 1.18 bits per heavy atom. The van der Waals surface area contributed by atoms with Gasteiger partial charge in [-0.3, -0.25) is 4.79 Å². The van der Waals surface area contributed by atoms with Crippen molar-refractivity contribution in [1.29, 1.82) is 0 Å². The number of carbonyl (C=O) groups excluding carboxylic acids is 1. The van der Waals surface area contributed by atoms with Gasteiger partial charge in [0.15, 0.2) is 5.71 Å². The third-order valence-electron chi connectivity index (χ3n) is 3.75. The predicted octanol–water partition coefficient (Wildman–Crippen LogP) is 5.15. The minimum Gasteiger partial charge on any atom is -0.478 e. The molecule has 144 valence electrons. The molecular weight excluding hydrogens is 465 g/mol. The first-order valence-corrected chi connectivity index (χ1v) is 8.76. The highest BCUT2D eigenvalue weighted by molar-refractivity contribution is 9.10. The molecule has 5 nitrogen and oxygen atoms in total. The summed E-state index contributed by atoms with van der Waals surface area (Å²) in [7, 11) is 0. The molecule has 1 amide bonds. The molecule has 1 aliphatic rings. The van der Waals surface area contributed by atoms with Gasteiger partial charge in [-0.1, -0.05) is 39.7 Å². The minimum absolute atomic E-state index is 0.117. The zero-order chi connectivity index (χ0) is 20.6. The van der Waals surface area contributed by atoms with Crippen molar-refractivity contribution in [3.8, 4) is 0 Å². The molecule has 2 aromatic rings. The summed E-state index contributed by atoms with van der Waals surface area (Å²) in [6.07, 6.45) is -3.80. The first-order valence-electron chi connectivity index (χ1n) is 7.58. The molecule has 0 aromatic heterocycles. The Hall–Kier alpha value is -2.65. The normalized spacial score (nSPS) is 15.9. The van der Waals surface area contributed by atoms with E-state index in [-0.39, 0.29) is 16.3 Å². The number of aromatic carboxylic acids is 1. The van der Waals surface area contributed by atoms with Gasteiger partial charge < -0.3 is 5.11 Å². The minimum atomic E-state index is -4.88. The summed E-state index contributed by atoms with van der Waals surface area (Å²) < 4.78 is 41.0. The summed E-state index contributed by atoms with van der Waals surface area (Å²) >= 11 is 8.99. The number of carboxylic acid groups (broad SMARTS) is 1. The lowest BCUT2D eigenvalue weighted by Gasteiger charge is -2.12. The molecule has 0 saturated heterocycles. The summed E-state index contributed by atoms with van der Waals surface area (Å²) in [6.45, 7) is 0. The standard InChI is InChI=1S/C18H9BrClF3N2O3/c19-10-3-1-9(2-4-10)7-13-15(18(21,22)23)24-25(16(13)26)11-5-6-14(20)12(8-11)17(27)28/h1-8H,(H,27,28). The van der Waals surface area contributed by atoms with Gasteiger partial charge in [-0.15, -0.1) is 0 Å². The number of alkyl halides is 3. The summed E-state index contributed by atoms with van der Waals surface area (Å²) in [4.78, 5) is 23.9. The van der Waals surface area contributed by atoms with E-state index < -0.39 is 29.3 Å². The largest absolute Gasteiger partial charge is 0.478 e. The van der Waals surface area contributed by atoms with Crippen LogP contribution < -0.4 is 5.01 Å². The predicted molar refractivity (Wildman–Crippen MR) is 102 cm³/mol. The quantitative estimate of drug-likeness (QED) is 0.627. The Bertz CT molecular complexity index is 1030. The van der Waals surface area contributed by atoms with Crippen LogP contribution >= 0.6 is 27.5 Å². The van der Waals surface area contributed by atoms with E-state index in [1.807, 2.05) is 0 Å². The van der Waals surface area contributed by atoms with E-state index in [2.05, 4.69) is 21.0 Å². The average Bonchev–Trinajstić information content (AvgIpc) is 2.94. The van der Waals surface area contributed by atoms with Crippen LogP contribution in [0.2, 0.25) is 5.02 Å². The smallest absolute Gasteiger partial charge is 0.435 e. The lowest BCUT2D eigenvalue weighted by molar-refractivity contribution is -0.114. The van der Waals surface area contributed by atoms with Gasteiger partial charge in [-0.25, -0.2) is 4.79 Å². The zero-order valence-corrected chi connectivity index (χ0v) is 16.0. The third kappa shape index (κ3) is 3.95. The number of hydrazone groups is 1. The van der Waals surface area contributed by atoms with Crippen LogP contribution in [0.3, 0.4) is 0 Å². The number of halogens is 5. The van der Waals surface area contributed by atoms with Gasteiger partial charge in [-0.2, -0.15) is 23.3 Å². The van der Waals surface area contributed by atoms with Gasteiger partial charge in [0, 0.05) is 4.47 Å². The lowest BCUT2D eigenvalue weighted by atomic mass is 10.1.